The zero-order valence-electron chi connectivity index (χ0n) is 17.4. The Kier molecular flexibility index (Phi) is 6.17. The first-order valence-corrected chi connectivity index (χ1v) is 9.78. The molecule has 1 aliphatic rings. The van der Waals surface area contributed by atoms with E-state index in [1.54, 1.807) is 23.1 Å². The molecule has 1 saturated heterocycles. The number of aryl methyl sites for hydroxylation is 3. The molecule has 0 radical (unpaired) electrons. The normalized spacial score (nSPS) is 14.4. The van der Waals surface area contributed by atoms with Gasteiger partial charge >= 0.3 is 0 Å². The zero-order valence-corrected chi connectivity index (χ0v) is 17.4. The Balaban J connectivity index is 1.70. The number of carbonyl (C=O) groups is 1. The average Bonchev–Trinajstić information content (AvgIpc) is 2.75. The van der Waals surface area contributed by atoms with Gasteiger partial charge in [-0.1, -0.05) is 12.1 Å². The zero-order chi connectivity index (χ0) is 21.8. The Bertz CT molecular complexity index is 1040. The highest BCUT2D eigenvalue weighted by Crippen LogP contribution is 2.22. The van der Waals surface area contributed by atoms with Gasteiger partial charge < -0.3 is 9.80 Å². The smallest absolute Gasteiger partial charge is 0.269 e. The van der Waals surface area contributed by atoms with Crippen LogP contribution in [0.5, 0.6) is 0 Å². The first-order valence-electron chi connectivity index (χ1n) is 9.78. The molecule has 7 nitrogen and oxygen atoms in total. The van der Waals surface area contributed by atoms with Crippen LogP contribution < -0.4 is 4.90 Å². The summed E-state index contributed by atoms with van der Waals surface area (Å²) in [6.45, 7) is 8.20. The fourth-order valence-electron chi connectivity index (χ4n) is 3.56. The molecule has 7 heteroatoms. The van der Waals surface area contributed by atoms with Crippen LogP contribution in [-0.4, -0.2) is 41.9 Å². The van der Waals surface area contributed by atoms with Crippen LogP contribution in [0.25, 0.3) is 6.08 Å². The van der Waals surface area contributed by atoms with Gasteiger partial charge in [-0.15, -0.1) is 0 Å². The molecule has 0 saturated carbocycles. The van der Waals surface area contributed by atoms with Gasteiger partial charge in [-0.3, -0.25) is 14.9 Å². The molecule has 154 valence electrons. The lowest BCUT2D eigenvalue weighted by Gasteiger charge is -2.36. The molecule has 1 fully saturated rings. The van der Waals surface area contributed by atoms with Crippen LogP contribution in [0.15, 0.2) is 42.0 Å². The van der Waals surface area contributed by atoms with Crippen molar-refractivity contribution >= 4 is 23.4 Å². The third kappa shape index (κ3) is 4.49. The summed E-state index contributed by atoms with van der Waals surface area (Å²) in [6.07, 6.45) is 1.67. The molecule has 0 bridgehead atoms. The van der Waals surface area contributed by atoms with E-state index in [-0.39, 0.29) is 17.2 Å². The van der Waals surface area contributed by atoms with Crippen LogP contribution in [0.3, 0.4) is 0 Å². The summed E-state index contributed by atoms with van der Waals surface area (Å²) in [5.41, 5.74) is 5.27. The number of hydrogen-bond donors (Lipinski definition) is 0. The minimum atomic E-state index is -0.423. The Morgan fingerprint density at radius 1 is 1.03 bits per heavy atom. The maximum Gasteiger partial charge on any atom is 0.269 e. The van der Waals surface area contributed by atoms with E-state index < -0.39 is 4.92 Å². The molecule has 0 aliphatic carbocycles. The van der Waals surface area contributed by atoms with Crippen molar-refractivity contribution in [3.05, 3.63) is 74.3 Å². The molecule has 0 N–H and O–H groups in total. The molecule has 1 aliphatic heterocycles. The van der Waals surface area contributed by atoms with Crippen molar-refractivity contribution in [2.24, 2.45) is 0 Å². The van der Waals surface area contributed by atoms with E-state index in [0.717, 1.165) is 22.4 Å². The van der Waals surface area contributed by atoms with E-state index in [1.807, 2.05) is 26.8 Å². The number of hydrogen-bond acceptors (Lipinski definition) is 5. The Morgan fingerprint density at radius 3 is 2.20 bits per heavy atom. The molecule has 2 aromatic rings. The molecule has 1 amide bonds. The van der Waals surface area contributed by atoms with E-state index in [2.05, 4.69) is 17.0 Å². The molecule has 0 atom stereocenters. The molecule has 30 heavy (non-hydrogen) atoms. The first kappa shape index (κ1) is 21.1. The number of benzene rings is 2. The van der Waals surface area contributed by atoms with Crippen LogP contribution >= 0.6 is 0 Å². The summed E-state index contributed by atoms with van der Waals surface area (Å²) in [6, 6.07) is 12.5. The van der Waals surface area contributed by atoms with Gasteiger partial charge in [-0.05, 0) is 61.2 Å². The number of nitrogens with zero attached hydrogens (tertiary/aromatic N) is 4. The molecular formula is C23H24N4O3. The van der Waals surface area contributed by atoms with Gasteiger partial charge in [0.2, 0.25) is 0 Å². The number of nitro groups is 1. The highest BCUT2D eigenvalue weighted by Gasteiger charge is 2.24. The summed E-state index contributed by atoms with van der Waals surface area (Å²) < 4.78 is 0. The lowest BCUT2D eigenvalue weighted by atomic mass is 9.99. The van der Waals surface area contributed by atoms with Crippen molar-refractivity contribution in [1.29, 1.82) is 5.26 Å². The van der Waals surface area contributed by atoms with Gasteiger partial charge in [0.1, 0.15) is 11.6 Å². The number of non-ortho nitro benzene ring substituents is 1. The number of nitro benzene ring substituents is 1. The standard InChI is InChI=1S/C23H24N4O3/c1-16-12-18(3)19(13-17(16)2)14-20(15-24)23(28)26-10-8-25(9-11-26)21-4-6-22(7-5-21)27(29)30/h4-7,12-14H,8-11H2,1-3H3/b20-14+. The first-order chi connectivity index (χ1) is 14.3. The highest BCUT2D eigenvalue weighted by molar-refractivity contribution is 6.02. The maximum atomic E-state index is 12.9. The number of carbonyl (C=O) groups excluding carboxylic acids is 1. The van der Waals surface area contributed by atoms with Crippen molar-refractivity contribution in [1.82, 2.24) is 4.90 Å². The third-order valence-electron chi connectivity index (χ3n) is 5.53. The van der Waals surface area contributed by atoms with Gasteiger partial charge in [0.25, 0.3) is 11.6 Å². The van der Waals surface area contributed by atoms with Gasteiger partial charge in [0.05, 0.1) is 4.92 Å². The predicted octanol–water partition coefficient (Wildman–Crippen LogP) is 3.78. The van der Waals surface area contributed by atoms with Crippen molar-refractivity contribution < 1.29 is 9.72 Å². The Morgan fingerprint density at radius 2 is 1.63 bits per heavy atom. The van der Waals surface area contributed by atoms with Gasteiger partial charge in [0, 0.05) is 44.0 Å². The largest absolute Gasteiger partial charge is 0.368 e. The average molecular weight is 404 g/mol. The number of nitriles is 1. The summed E-state index contributed by atoms with van der Waals surface area (Å²) in [4.78, 5) is 27.0. The minimum Gasteiger partial charge on any atom is -0.368 e. The van der Waals surface area contributed by atoms with Crippen molar-refractivity contribution in [3.8, 4) is 6.07 Å². The van der Waals surface area contributed by atoms with Gasteiger partial charge in [0.15, 0.2) is 0 Å². The Hall–Kier alpha value is -3.66. The van der Waals surface area contributed by atoms with Crippen LogP contribution in [-0.2, 0) is 4.79 Å². The molecule has 0 spiro atoms. The van der Waals surface area contributed by atoms with Crippen molar-refractivity contribution in [3.63, 3.8) is 0 Å². The molecule has 3 rings (SSSR count). The number of rotatable bonds is 4. The van der Waals surface area contributed by atoms with Crippen LogP contribution in [0.2, 0.25) is 0 Å². The lowest BCUT2D eigenvalue weighted by Crippen LogP contribution is -2.49. The second-order valence-corrected chi connectivity index (χ2v) is 7.52. The van der Waals surface area contributed by atoms with Crippen LogP contribution in [0, 0.1) is 42.2 Å². The summed E-state index contributed by atoms with van der Waals surface area (Å²) in [5, 5.41) is 20.4. The SMILES string of the molecule is Cc1cc(C)c(/C=C(\C#N)C(=O)N2CCN(c3ccc([N+](=O)[O-])cc3)CC2)cc1C. The predicted molar refractivity (Wildman–Crippen MR) is 116 cm³/mol. The van der Waals surface area contributed by atoms with E-state index in [4.69, 9.17) is 0 Å². The van der Waals surface area contributed by atoms with Gasteiger partial charge in [-0.2, -0.15) is 5.26 Å². The summed E-state index contributed by atoms with van der Waals surface area (Å²) in [7, 11) is 0. The highest BCUT2D eigenvalue weighted by atomic mass is 16.6. The summed E-state index contributed by atoms with van der Waals surface area (Å²) in [5.74, 6) is -0.265. The lowest BCUT2D eigenvalue weighted by molar-refractivity contribution is -0.384. The molecule has 0 unspecified atom stereocenters. The topological polar surface area (TPSA) is 90.5 Å². The summed E-state index contributed by atoms with van der Waals surface area (Å²) >= 11 is 0. The maximum absolute atomic E-state index is 12.9. The second kappa shape index (κ2) is 8.78. The van der Waals surface area contributed by atoms with E-state index in [0.29, 0.717) is 26.2 Å². The third-order valence-corrected chi connectivity index (χ3v) is 5.53. The number of amides is 1. The van der Waals surface area contributed by atoms with E-state index in [9.17, 15) is 20.2 Å². The van der Waals surface area contributed by atoms with Crippen LogP contribution in [0.1, 0.15) is 22.3 Å². The Labute approximate surface area is 176 Å². The minimum absolute atomic E-state index is 0.0537. The molecule has 1 heterocycles. The molecular weight excluding hydrogens is 380 g/mol. The molecule has 0 aromatic heterocycles. The monoisotopic (exact) mass is 404 g/mol. The quantitative estimate of drug-likeness (QED) is 0.335. The van der Waals surface area contributed by atoms with Gasteiger partial charge in [-0.25, -0.2) is 0 Å². The fraction of sp³-hybridized carbons (Fsp3) is 0.304. The van der Waals surface area contributed by atoms with Crippen molar-refractivity contribution in [2.75, 3.05) is 31.1 Å². The van der Waals surface area contributed by atoms with Crippen LogP contribution in [0.4, 0.5) is 11.4 Å². The van der Waals surface area contributed by atoms with E-state index >= 15 is 0 Å². The number of piperazine rings is 1. The fourth-order valence-corrected chi connectivity index (χ4v) is 3.56. The van der Waals surface area contributed by atoms with Crippen molar-refractivity contribution in [2.45, 2.75) is 20.8 Å². The van der Waals surface area contributed by atoms with E-state index in [1.165, 1.54) is 17.7 Å². The second-order valence-electron chi connectivity index (χ2n) is 7.52. The number of anilines is 1. The molecule has 2 aromatic carbocycles.